The Morgan fingerprint density at radius 3 is 3.06 bits per heavy atom. The van der Waals surface area contributed by atoms with Gasteiger partial charge in [-0.15, -0.1) is 0 Å². The van der Waals surface area contributed by atoms with Crippen LogP contribution in [-0.2, 0) is 0 Å². The van der Waals surface area contributed by atoms with Crippen molar-refractivity contribution in [3.63, 3.8) is 0 Å². The third kappa shape index (κ3) is 2.48. The molecule has 0 spiro atoms. The van der Waals surface area contributed by atoms with Crippen LogP contribution in [0.15, 0.2) is 11.1 Å². The summed E-state index contributed by atoms with van der Waals surface area (Å²) in [6, 6.07) is 0.383. The van der Waals surface area contributed by atoms with E-state index in [4.69, 9.17) is 4.74 Å². The van der Waals surface area contributed by atoms with Crippen molar-refractivity contribution >= 4 is 5.82 Å². The molecule has 2 heterocycles. The summed E-state index contributed by atoms with van der Waals surface area (Å²) in [4.78, 5) is 20.7. The van der Waals surface area contributed by atoms with Gasteiger partial charge in [-0.25, -0.2) is 4.98 Å². The first-order chi connectivity index (χ1) is 8.77. The molecule has 0 bridgehead atoms. The zero-order valence-corrected chi connectivity index (χ0v) is 10.9. The molecule has 1 atom stereocenters. The molecule has 100 valence electrons. The SMILES string of the molecule is CCCN(c1nc[nH]c(=O)c1OC)C1CCNC1. The molecule has 2 rings (SSSR count). The van der Waals surface area contributed by atoms with Gasteiger partial charge < -0.3 is 19.9 Å². The van der Waals surface area contributed by atoms with E-state index in [1.807, 2.05) is 0 Å². The van der Waals surface area contributed by atoms with Crippen LogP contribution in [0.4, 0.5) is 5.82 Å². The molecule has 0 aromatic carbocycles. The Labute approximate surface area is 106 Å². The van der Waals surface area contributed by atoms with Gasteiger partial charge in [-0.1, -0.05) is 6.92 Å². The molecule has 1 aromatic rings. The molecule has 1 aliphatic rings. The summed E-state index contributed by atoms with van der Waals surface area (Å²) < 4.78 is 5.19. The molecule has 1 aromatic heterocycles. The maximum absolute atomic E-state index is 11.7. The van der Waals surface area contributed by atoms with Crippen LogP contribution in [0, 0.1) is 0 Å². The van der Waals surface area contributed by atoms with E-state index in [2.05, 4.69) is 27.1 Å². The normalized spacial score (nSPS) is 18.9. The highest BCUT2D eigenvalue weighted by Crippen LogP contribution is 2.24. The number of hydrogen-bond donors (Lipinski definition) is 2. The summed E-state index contributed by atoms with van der Waals surface area (Å²) in [6.45, 7) is 4.93. The number of anilines is 1. The highest BCUT2D eigenvalue weighted by atomic mass is 16.5. The van der Waals surface area contributed by atoms with Gasteiger partial charge in [-0.3, -0.25) is 4.79 Å². The van der Waals surface area contributed by atoms with Crippen LogP contribution >= 0.6 is 0 Å². The van der Waals surface area contributed by atoms with Gasteiger partial charge in [0.15, 0.2) is 5.82 Å². The fourth-order valence-electron chi connectivity index (χ4n) is 2.37. The molecule has 1 saturated heterocycles. The highest BCUT2D eigenvalue weighted by Gasteiger charge is 2.26. The zero-order valence-electron chi connectivity index (χ0n) is 10.9. The average molecular weight is 252 g/mol. The molecule has 1 fully saturated rings. The molecule has 18 heavy (non-hydrogen) atoms. The summed E-state index contributed by atoms with van der Waals surface area (Å²) >= 11 is 0. The number of aromatic amines is 1. The summed E-state index contributed by atoms with van der Waals surface area (Å²) in [6.07, 6.45) is 3.51. The first-order valence-electron chi connectivity index (χ1n) is 6.37. The molecular weight excluding hydrogens is 232 g/mol. The molecule has 2 N–H and O–H groups in total. The Kier molecular flexibility index (Phi) is 4.19. The second-order valence-corrected chi connectivity index (χ2v) is 4.43. The Bertz CT molecular complexity index is 440. The van der Waals surface area contributed by atoms with Gasteiger partial charge in [0, 0.05) is 19.1 Å². The summed E-state index contributed by atoms with van der Waals surface area (Å²) in [5.74, 6) is 0.953. The number of nitrogens with zero attached hydrogens (tertiary/aromatic N) is 2. The molecule has 1 aliphatic heterocycles. The van der Waals surface area contributed by atoms with Crippen molar-refractivity contribution in [2.45, 2.75) is 25.8 Å². The molecule has 1 unspecified atom stereocenters. The maximum Gasteiger partial charge on any atom is 0.295 e. The van der Waals surface area contributed by atoms with Crippen LogP contribution < -0.4 is 20.5 Å². The van der Waals surface area contributed by atoms with E-state index in [9.17, 15) is 4.79 Å². The lowest BCUT2D eigenvalue weighted by atomic mass is 10.2. The number of methoxy groups -OCH3 is 1. The molecule has 0 amide bonds. The lowest BCUT2D eigenvalue weighted by Gasteiger charge is -2.29. The molecule has 0 aliphatic carbocycles. The Balaban J connectivity index is 2.35. The number of ether oxygens (including phenoxy) is 1. The van der Waals surface area contributed by atoms with E-state index in [1.54, 1.807) is 0 Å². The summed E-state index contributed by atoms with van der Waals surface area (Å²) in [5.41, 5.74) is -0.227. The van der Waals surface area contributed by atoms with Gasteiger partial charge in [-0.2, -0.15) is 0 Å². The van der Waals surface area contributed by atoms with Crippen molar-refractivity contribution in [3.05, 3.63) is 16.7 Å². The minimum Gasteiger partial charge on any atom is -0.489 e. The van der Waals surface area contributed by atoms with Crippen molar-refractivity contribution in [1.82, 2.24) is 15.3 Å². The molecule has 0 radical (unpaired) electrons. The minimum atomic E-state index is -0.227. The lowest BCUT2D eigenvalue weighted by Crippen LogP contribution is -2.39. The predicted octanol–water partition coefficient (Wildman–Crippen LogP) is 0.357. The second kappa shape index (κ2) is 5.86. The molecule has 6 nitrogen and oxygen atoms in total. The van der Waals surface area contributed by atoms with Crippen LogP contribution in [0.1, 0.15) is 19.8 Å². The second-order valence-electron chi connectivity index (χ2n) is 4.43. The van der Waals surface area contributed by atoms with Gasteiger partial charge in [0.2, 0.25) is 5.75 Å². The van der Waals surface area contributed by atoms with E-state index in [0.717, 1.165) is 32.5 Å². The number of aromatic nitrogens is 2. The monoisotopic (exact) mass is 252 g/mol. The zero-order chi connectivity index (χ0) is 13.0. The van der Waals surface area contributed by atoms with Gasteiger partial charge >= 0.3 is 0 Å². The van der Waals surface area contributed by atoms with Crippen LogP contribution in [0.25, 0.3) is 0 Å². The first kappa shape index (κ1) is 12.9. The van der Waals surface area contributed by atoms with Crippen LogP contribution in [-0.4, -0.2) is 42.8 Å². The maximum atomic E-state index is 11.7. The number of H-pyrrole nitrogens is 1. The largest absolute Gasteiger partial charge is 0.489 e. The Hall–Kier alpha value is -1.56. The van der Waals surface area contributed by atoms with Crippen molar-refractivity contribution in [3.8, 4) is 5.75 Å². The fourth-order valence-corrected chi connectivity index (χ4v) is 2.37. The van der Waals surface area contributed by atoms with E-state index in [-0.39, 0.29) is 5.56 Å². The third-order valence-corrected chi connectivity index (χ3v) is 3.21. The van der Waals surface area contributed by atoms with Gasteiger partial charge in [0.1, 0.15) is 0 Å². The number of hydrogen-bond acceptors (Lipinski definition) is 5. The van der Waals surface area contributed by atoms with Gasteiger partial charge in [-0.05, 0) is 19.4 Å². The lowest BCUT2D eigenvalue weighted by molar-refractivity contribution is 0.403. The van der Waals surface area contributed by atoms with Crippen molar-refractivity contribution in [2.24, 2.45) is 0 Å². The minimum absolute atomic E-state index is 0.227. The van der Waals surface area contributed by atoms with E-state index in [0.29, 0.717) is 17.6 Å². The van der Waals surface area contributed by atoms with Crippen LogP contribution in [0.3, 0.4) is 0 Å². The van der Waals surface area contributed by atoms with Crippen molar-refractivity contribution in [2.75, 3.05) is 31.6 Å². The summed E-state index contributed by atoms with van der Waals surface area (Å²) in [5, 5.41) is 3.34. The standard InChI is InChI=1S/C12H20N4O2/c1-3-6-16(9-4-5-13-7-9)11-10(18-2)12(17)15-8-14-11/h8-9,13H,3-7H2,1-2H3,(H,14,15,17). The van der Waals surface area contributed by atoms with Gasteiger partial charge in [0.05, 0.1) is 13.4 Å². The number of nitrogens with one attached hydrogen (secondary N) is 2. The third-order valence-electron chi connectivity index (χ3n) is 3.21. The smallest absolute Gasteiger partial charge is 0.295 e. The Morgan fingerprint density at radius 2 is 2.44 bits per heavy atom. The van der Waals surface area contributed by atoms with Crippen LogP contribution in [0.5, 0.6) is 5.75 Å². The Morgan fingerprint density at radius 1 is 1.61 bits per heavy atom. The van der Waals surface area contributed by atoms with E-state index in [1.165, 1.54) is 13.4 Å². The average Bonchev–Trinajstić information content (AvgIpc) is 2.89. The molecule has 6 heteroatoms. The number of rotatable bonds is 5. The highest BCUT2D eigenvalue weighted by molar-refractivity contribution is 5.51. The first-order valence-corrected chi connectivity index (χ1v) is 6.37. The van der Waals surface area contributed by atoms with Crippen molar-refractivity contribution in [1.29, 1.82) is 0 Å². The quantitative estimate of drug-likeness (QED) is 0.791. The molecular formula is C12H20N4O2. The summed E-state index contributed by atoms with van der Waals surface area (Å²) in [7, 11) is 1.51. The van der Waals surface area contributed by atoms with Crippen molar-refractivity contribution < 1.29 is 4.74 Å². The fraction of sp³-hybridized carbons (Fsp3) is 0.667. The van der Waals surface area contributed by atoms with Crippen LogP contribution in [0.2, 0.25) is 0 Å². The topological polar surface area (TPSA) is 70.2 Å². The predicted molar refractivity (Wildman–Crippen MR) is 70.3 cm³/mol. The van der Waals surface area contributed by atoms with E-state index >= 15 is 0 Å². The molecule has 0 saturated carbocycles. The van der Waals surface area contributed by atoms with Gasteiger partial charge in [0.25, 0.3) is 5.56 Å². The van der Waals surface area contributed by atoms with E-state index < -0.39 is 0 Å².